The molecular weight excluding hydrogens is 254 g/mol. The molecule has 0 aromatic heterocycles. The zero-order valence-corrected chi connectivity index (χ0v) is 12.2. The third kappa shape index (κ3) is 5.01. The SMILES string of the molecule is CCCNC(=O)CN(C)C(=O)Cc1ccccc1CN. The third-order valence-corrected chi connectivity index (χ3v) is 3.06. The summed E-state index contributed by atoms with van der Waals surface area (Å²) in [5, 5.41) is 2.75. The molecule has 1 aromatic carbocycles. The number of likely N-dealkylation sites (N-methyl/N-ethyl adjacent to an activating group) is 1. The zero-order chi connectivity index (χ0) is 15.0. The number of nitrogens with one attached hydrogen (secondary N) is 1. The fraction of sp³-hybridized carbons (Fsp3) is 0.467. The van der Waals surface area contributed by atoms with E-state index in [2.05, 4.69) is 5.32 Å². The van der Waals surface area contributed by atoms with Crippen LogP contribution in [-0.2, 0) is 22.6 Å². The maximum atomic E-state index is 12.1. The van der Waals surface area contributed by atoms with Crippen molar-refractivity contribution in [3.05, 3.63) is 35.4 Å². The van der Waals surface area contributed by atoms with Crippen LogP contribution < -0.4 is 11.1 Å². The van der Waals surface area contributed by atoms with Crippen LogP contribution in [0.5, 0.6) is 0 Å². The van der Waals surface area contributed by atoms with Gasteiger partial charge in [0.25, 0.3) is 0 Å². The monoisotopic (exact) mass is 277 g/mol. The lowest BCUT2D eigenvalue weighted by atomic mass is 10.0. The highest BCUT2D eigenvalue weighted by atomic mass is 16.2. The standard InChI is InChI=1S/C15H23N3O2/c1-3-8-17-14(19)11-18(2)15(20)9-12-6-4-5-7-13(12)10-16/h4-7H,3,8-11,16H2,1-2H3,(H,17,19). The van der Waals surface area contributed by atoms with E-state index in [1.54, 1.807) is 7.05 Å². The van der Waals surface area contributed by atoms with Crippen LogP contribution in [-0.4, -0.2) is 36.9 Å². The van der Waals surface area contributed by atoms with Crippen LogP contribution in [0.4, 0.5) is 0 Å². The number of rotatable bonds is 7. The highest BCUT2D eigenvalue weighted by molar-refractivity contribution is 5.85. The van der Waals surface area contributed by atoms with Gasteiger partial charge in [0.15, 0.2) is 0 Å². The Balaban J connectivity index is 2.55. The van der Waals surface area contributed by atoms with E-state index in [1.165, 1.54) is 4.90 Å². The molecule has 0 unspecified atom stereocenters. The van der Waals surface area contributed by atoms with Crippen LogP contribution in [0, 0.1) is 0 Å². The van der Waals surface area contributed by atoms with Crippen molar-refractivity contribution in [2.45, 2.75) is 26.3 Å². The lowest BCUT2D eigenvalue weighted by Crippen LogP contribution is -2.39. The Hall–Kier alpha value is -1.88. The quantitative estimate of drug-likeness (QED) is 0.769. The molecule has 5 nitrogen and oxygen atoms in total. The molecule has 0 aliphatic rings. The van der Waals surface area contributed by atoms with Crippen molar-refractivity contribution in [1.29, 1.82) is 0 Å². The normalized spacial score (nSPS) is 10.2. The summed E-state index contributed by atoms with van der Waals surface area (Å²) in [6.45, 7) is 3.11. The van der Waals surface area contributed by atoms with Gasteiger partial charge in [0.1, 0.15) is 0 Å². The summed E-state index contributed by atoms with van der Waals surface area (Å²) < 4.78 is 0. The first kappa shape index (κ1) is 16.2. The van der Waals surface area contributed by atoms with Gasteiger partial charge in [-0.15, -0.1) is 0 Å². The second-order valence-electron chi connectivity index (χ2n) is 4.75. The Kier molecular flexibility index (Phi) is 6.73. The average molecular weight is 277 g/mol. The van der Waals surface area contributed by atoms with Crippen molar-refractivity contribution >= 4 is 11.8 Å². The maximum Gasteiger partial charge on any atom is 0.239 e. The van der Waals surface area contributed by atoms with Crippen molar-refractivity contribution in [1.82, 2.24) is 10.2 Å². The van der Waals surface area contributed by atoms with Gasteiger partial charge < -0.3 is 16.0 Å². The van der Waals surface area contributed by atoms with E-state index in [-0.39, 0.29) is 24.8 Å². The Labute approximate surface area is 120 Å². The summed E-state index contributed by atoms with van der Waals surface area (Å²) in [5.41, 5.74) is 7.53. The molecule has 0 aliphatic carbocycles. The Morgan fingerprint density at radius 2 is 1.90 bits per heavy atom. The van der Waals surface area contributed by atoms with Crippen LogP contribution in [0.2, 0.25) is 0 Å². The molecule has 0 heterocycles. The molecule has 110 valence electrons. The van der Waals surface area contributed by atoms with Crippen molar-refractivity contribution in [2.24, 2.45) is 5.73 Å². The molecule has 0 saturated carbocycles. The summed E-state index contributed by atoms with van der Waals surface area (Å²) in [4.78, 5) is 25.1. The topological polar surface area (TPSA) is 75.4 Å². The van der Waals surface area contributed by atoms with E-state index in [4.69, 9.17) is 5.73 Å². The first-order chi connectivity index (χ1) is 9.58. The first-order valence-electron chi connectivity index (χ1n) is 6.86. The molecule has 0 fully saturated rings. The van der Waals surface area contributed by atoms with Gasteiger partial charge >= 0.3 is 0 Å². The van der Waals surface area contributed by atoms with E-state index in [0.717, 1.165) is 17.5 Å². The molecule has 2 amide bonds. The molecule has 3 N–H and O–H groups in total. The highest BCUT2D eigenvalue weighted by Crippen LogP contribution is 2.09. The minimum absolute atomic E-state index is 0.0856. The largest absolute Gasteiger partial charge is 0.355 e. The third-order valence-electron chi connectivity index (χ3n) is 3.06. The maximum absolute atomic E-state index is 12.1. The lowest BCUT2D eigenvalue weighted by Gasteiger charge is -2.17. The molecule has 0 radical (unpaired) electrons. The van der Waals surface area contributed by atoms with E-state index < -0.39 is 0 Å². The van der Waals surface area contributed by atoms with E-state index in [9.17, 15) is 9.59 Å². The molecule has 1 aromatic rings. The van der Waals surface area contributed by atoms with E-state index >= 15 is 0 Å². The summed E-state index contributed by atoms with van der Waals surface area (Å²) in [6.07, 6.45) is 1.15. The predicted molar refractivity (Wildman–Crippen MR) is 79.0 cm³/mol. The second kappa shape index (κ2) is 8.32. The molecule has 0 aliphatic heterocycles. The first-order valence-corrected chi connectivity index (χ1v) is 6.86. The number of amides is 2. The zero-order valence-electron chi connectivity index (χ0n) is 12.2. The minimum Gasteiger partial charge on any atom is -0.355 e. The fourth-order valence-corrected chi connectivity index (χ4v) is 1.85. The van der Waals surface area contributed by atoms with E-state index in [0.29, 0.717) is 13.1 Å². The van der Waals surface area contributed by atoms with Gasteiger partial charge in [0, 0.05) is 20.1 Å². The number of hydrogen-bond donors (Lipinski definition) is 2. The predicted octanol–water partition coefficient (Wildman–Crippen LogP) is 0.672. The smallest absolute Gasteiger partial charge is 0.239 e. The Bertz CT molecular complexity index is 460. The van der Waals surface area contributed by atoms with Crippen molar-refractivity contribution in [3.8, 4) is 0 Å². The number of carbonyl (C=O) groups excluding carboxylic acids is 2. The molecule has 0 saturated heterocycles. The van der Waals surface area contributed by atoms with Gasteiger partial charge in [-0.25, -0.2) is 0 Å². The van der Waals surface area contributed by atoms with Crippen molar-refractivity contribution < 1.29 is 9.59 Å². The molecule has 0 atom stereocenters. The number of hydrogen-bond acceptors (Lipinski definition) is 3. The van der Waals surface area contributed by atoms with Gasteiger partial charge in [-0.3, -0.25) is 9.59 Å². The summed E-state index contributed by atoms with van der Waals surface area (Å²) in [7, 11) is 1.64. The van der Waals surface area contributed by atoms with Gasteiger partial charge in [-0.05, 0) is 17.5 Å². The molecular formula is C15H23N3O2. The lowest BCUT2D eigenvalue weighted by molar-refractivity contribution is -0.134. The molecule has 20 heavy (non-hydrogen) atoms. The number of benzene rings is 1. The molecule has 0 spiro atoms. The van der Waals surface area contributed by atoms with Crippen LogP contribution >= 0.6 is 0 Å². The minimum atomic E-state index is -0.130. The second-order valence-corrected chi connectivity index (χ2v) is 4.75. The molecule has 5 heteroatoms. The number of nitrogens with two attached hydrogens (primary N) is 1. The van der Waals surface area contributed by atoms with Crippen LogP contribution in [0.15, 0.2) is 24.3 Å². The summed E-state index contributed by atoms with van der Waals surface area (Å²) in [5.74, 6) is -0.215. The van der Waals surface area contributed by atoms with Gasteiger partial charge in [-0.2, -0.15) is 0 Å². The Morgan fingerprint density at radius 1 is 1.25 bits per heavy atom. The van der Waals surface area contributed by atoms with Crippen LogP contribution in [0.1, 0.15) is 24.5 Å². The van der Waals surface area contributed by atoms with E-state index in [1.807, 2.05) is 31.2 Å². The molecule has 0 bridgehead atoms. The van der Waals surface area contributed by atoms with Gasteiger partial charge in [-0.1, -0.05) is 31.2 Å². The summed E-state index contributed by atoms with van der Waals surface area (Å²) in [6, 6.07) is 7.59. The van der Waals surface area contributed by atoms with Crippen molar-refractivity contribution in [3.63, 3.8) is 0 Å². The number of nitrogens with zero attached hydrogens (tertiary/aromatic N) is 1. The van der Waals surface area contributed by atoms with Gasteiger partial charge in [0.2, 0.25) is 11.8 Å². The Morgan fingerprint density at radius 3 is 2.50 bits per heavy atom. The molecule has 1 rings (SSSR count). The summed E-state index contributed by atoms with van der Waals surface area (Å²) >= 11 is 0. The number of carbonyl (C=O) groups is 2. The highest BCUT2D eigenvalue weighted by Gasteiger charge is 2.14. The fourth-order valence-electron chi connectivity index (χ4n) is 1.85. The van der Waals surface area contributed by atoms with Crippen molar-refractivity contribution in [2.75, 3.05) is 20.1 Å². The van der Waals surface area contributed by atoms with Crippen LogP contribution in [0.3, 0.4) is 0 Å². The average Bonchev–Trinajstić information content (AvgIpc) is 2.45. The van der Waals surface area contributed by atoms with Gasteiger partial charge in [0.05, 0.1) is 13.0 Å². The van der Waals surface area contributed by atoms with Crippen LogP contribution in [0.25, 0.3) is 0 Å².